The molecule has 1 saturated carbocycles. The molecule has 0 spiro atoms. The molecule has 0 bridgehead atoms. The summed E-state index contributed by atoms with van der Waals surface area (Å²) >= 11 is 0. The fourth-order valence-electron chi connectivity index (χ4n) is 8.09. The number of pyridine rings is 1. The Labute approximate surface area is 314 Å². The van der Waals surface area contributed by atoms with E-state index in [2.05, 4.69) is 52.5 Å². The van der Waals surface area contributed by atoms with E-state index < -0.39 is 5.60 Å². The molecule has 2 aliphatic heterocycles. The summed E-state index contributed by atoms with van der Waals surface area (Å²) in [5.74, 6) is 0.373. The molecule has 286 valence electrons. The van der Waals surface area contributed by atoms with Crippen LogP contribution in [-0.4, -0.2) is 79.1 Å². The van der Waals surface area contributed by atoms with Crippen LogP contribution >= 0.6 is 0 Å². The van der Waals surface area contributed by atoms with Crippen molar-refractivity contribution in [1.29, 1.82) is 0 Å². The Kier molecular flexibility index (Phi) is 12.0. The summed E-state index contributed by atoms with van der Waals surface area (Å²) in [4.78, 5) is 47.7. The van der Waals surface area contributed by atoms with E-state index in [1.807, 2.05) is 58.6 Å². The van der Waals surface area contributed by atoms with E-state index in [4.69, 9.17) is 14.2 Å². The smallest absolute Gasteiger partial charge is 0.410 e. The second-order valence-electron chi connectivity index (χ2n) is 16.1. The van der Waals surface area contributed by atoms with Crippen molar-refractivity contribution >= 4 is 17.7 Å². The van der Waals surface area contributed by atoms with Gasteiger partial charge in [0.2, 0.25) is 0 Å². The molecule has 2 atom stereocenters. The number of hydrogen-bond donors (Lipinski definition) is 2. The van der Waals surface area contributed by atoms with Gasteiger partial charge in [-0.2, -0.15) is 0 Å². The Morgan fingerprint density at radius 2 is 1.64 bits per heavy atom. The molecule has 0 unspecified atom stereocenters. The van der Waals surface area contributed by atoms with Crippen LogP contribution in [0.3, 0.4) is 0 Å². The standard InChI is InChI=1S/C43H58N4O6/c1-8-46(34-14-18-52-19-15-34)38-23-33(22-35(29(38)4)40(48)44-25-37-27(2)20-28(3)45-41(37)49)31-10-9-11-32(21-31)36-24-39(36)47(42(50)53-43(5,6)7)26-30-12-16-51-17-13-30/h9-11,20-23,30,34,36,39H,8,12-19,24-26H2,1-7H3,(H,44,48)(H,45,49)/t36-,39+/m1/s1. The van der Waals surface area contributed by atoms with Gasteiger partial charge in [-0.3, -0.25) is 9.59 Å². The molecule has 10 heteroatoms. The normalized spacial score (nSPS) is 19.5. The van der Waals surface area contributed by atoms with Crippen LogP contribution in [-0.2, 0) is 20.8 Å². The van der Waals surface area contributed by atoms with E-state index in [0.717, 1.165) is 98.7 Å². The maximum Gasteiger partial charge on any atom is 0.410 e. The van der Waals surface area contributed by atoms with Gasteiger partial charge < -0.3 is 34.3 Å². The average molecular weight is 727 g/mol. The highest BCUT2D eigenvalue weighted by molar-refractivity contribution is 5.99. The molecule has 3 fully saturated rings. The lowest BCUT2D eigenvalue weighted by Crippen LogP contribution is -2.42. The van der Waals surface area contributed by atoms with Gasteiger partial charge in [-0.1, -0.05) is 24.3 Å². The van der Waals surface area contributed by atoms with Crippen LogP contribution in [0.4, 0.5) is 10.5 Å². The Balaban J connectivity index is 1.31. The second kappa shape index (κ2) is 16.5. The summed E-state index contributed by atoms with van der Waals surface area (Å²) in [7, 11) is 0. The summed E-state index contributed by atoms with van der Waals surface area (Å²) in [5, 5.41) is 3.06. The molecular weight excluding hydrogens is 668 g/mol. The zero-order valence-corrected chi connectivity index (χ0v) is 32.7. The van der Waals surface area contributed by atoms with E-state index in [0.29, 0.717) is 29.6 Å². The van der Waals surface area contributed by atoms with E-state index in [-0.39, 0.29) is 36.1 Å². The number of ether oxygens (including phenoxy) is 3. The predicted octanol–water partition coefficient (Wildman–Crippen LogP) is 7.42. The molecule has 3 heterocycles. The quantitative estimate of drug-likeness (QED) is 0.212. The van der Waals surface area contributed by atoms with Crippen molar-refractivity contribution in [3.05, 3.63) is 86.3 Å². The van der Waals surface area contributed by atoms with Crippen LogP contribution in [0.25, 0.3) is 11.1 Å². The van der Waals surface area contributed by atoms with Crippen LogP contribution in [0.2, 0.25) is 0 Å². The fraction of sp³-hybridized carbons (Fsp3) is 0.558. The number of nitrogens with zero attached hydrogens (tertiary/aromatic N) is 2. The fourth-order valence-corrected chi connectivity index (χ4v) is 8.09. The molecule has 10 nitrogen and oxygen atoms in total. The van der Waals surface area contributed by atoms with Gasteiger partial charge >= 0.3 is 6.09 Å². The maximum absolute atomic E-state index is 14.1. The van der Waals surface area contributed by atoms with E-state index in [1.54, 1.807) is 0 Å². The third-order valence-electron chi connectivity index (χ3n) is 11.1. The number of rotatable bonds is 11. The summed E-state index contributed by atoms with van der Waals surface area (Å²) in [6.45, 7) is 18.2. The molecule has 2 saturated heterocycles. The van der Waals surface area contributed by atoms with E-state index in [9.17, 15) is 14.4 Å². The van der Waals surface area contributed by atoms with Gasteiger partial charge in [-0.15, -0.1) is 0 Å². The van der Waals surface area contributed by atoms with Crippen LogP contribution in [0.1, 0.15) is 104 Å². The Morgan fingerprint density at radius 1 is 0.943 bits per heavy atom. The minimum Gasteiger partial charge on any atom is -0.444 e. The number of carbonyl (C=O) groups excluding carboxylic acids is 2. The third kappa shape index (κ3) is 9.33. The first-order valence-corrected chi connectivity index (χ1v) is 19.5. The molecule has 0 radical (unpaired) electrons. The van der Waals surface area contributed by atoms with Crippen LogP contribution in [0.5, 0.6) is 0 Å². The minimum atomic E-state index is -0.575. The van der Waals surface area contributed by atoms with Gasteiger partial charge in [0.25, 0.3) is 11.5 Å². The molecular formula is C43H58N4O6. The van der Waals surface area contributed by atoms with E-state index >= 15 is 0 Å². The first-order chi connectivity index (χ1) is 25.3. The van der Waals surface area contributed by atoms with Crippen molar-refractivity contribution in [1.82, 2.24) is 15.2 Å². The molecule has 3 aliphatic rings. The number of hydrogen-bond acceptors (Lipinski definition) is 7. The predicted molar refractivity (Wildman–Crippen MR) is 209 cm³/mol. The maximum atomic E-state index is 14.1. The van der Waals surface area contributed by atoms with Gasteiger partial charge in [-0.05, 0) is 133 Å². The molecule has 3 aromatic rings. The molecule has 2 amide bonds. The van der Waals surface area contributed by atoms with Gasteiger partial charge in [0.05, 0.1) is 0 Å². The topological polar surface area (TPSA) is 113 Å². The van der Waals surface area contributed by atoms with Gasteiger partial charge in [0, 0.05) is 86.6 Å². The van der Waals surface area contributed by atoms with Crippen molar-refractivity contribution in [3.8, 4) is 11.1 Å². The van der Waals surface area contributed by atoms with Crippen molar-refractivity contribution in [2.75, 3.05) is 44.4 Å². The van der Waals surface area contributed by atoms with E-state index in [1.165, 1.54) is 5.56 Å². The first-order valence-electron chi connectivity index (χ1n) is 19.5. The van der Waals surface area contributed by atoms with Gasteiger partial charge in [0.1, 0.15) is 5.60 Å². The molecule has 6 rings (SSSR count). The molecule has 2 aromatic carbocycles. The van der Waals surface area contributed by atoms with Crippen molar-refractivity contribution in [3.63, 3.8) is 0 Å². The number of benzene rings is 2. The SMILES string of the molecule is CCN(c1cc(-c2cccc([C@H]3C[C@@H]3N(CC3CCOCC3)C(=O)OC(C)(C)C)c2)cc(C(=O)NCc2c(C)cc(C)[nH]c2=O)c1C)C1CCOCC1. The number of anilines is 1. The Bertz CT molecular complexity index is 1840. The molecule has 1 aliphatic carbocycles. The highest BCUT2D eigenvalue weighted by Gasteiger charge is 2.46. The third-order valence-corrected chi connectivity index (χ3v) is 11.1. The lowest BCUT2D eigenvalue weighted by Gasteiger charge is -2.37. The number of nitrogens with one attached hydrogen (secondary N) is 2. The van der Waals surface area contributed by atoms with Crippen LogP contribution < -0.4 is 15.8 Å². The van der Waals surface area contributed by atoms with Gasteiger partial charge in [0.15, 0.2) is 0 Å². The number of carbonyl (C=O) groups is 2. The Morgan fingerprint density at radius 3 is 2.30 bits per heavy atom. The van der Waals surface area contributed by atoms with Gasteiger partial charge in [-0.25, -0.2) is 4.79 Å². The first kappa shape index (κ1) is 38.6. The summed E-state index contributed by atoms with van der Waals surface area (Å²) < 4.78 is 17.2. The summed E-state index contributed by atoms with van der Waals surface area (Å²) in [5.41, 5.74) is 7.12. The average Bonchev–Trinajstić information content (AvgIpc) is 3.92. The number of H-pyrrole nitrogens is 1. The van der Waals surface area contributed by atoms with Crippen LogP contribution in [0.15, 0.2) is 47.3 Å². The second-order valence-corrected chi connectivity index (χ2v) is 16.1. The summed E-state index contributed by atoms with van der Waals surface area (Å²) in [6.07, 6.45) is 4.37. The number of aromatic nitrogens is 1. The zero-order valence-electron chi connectivity index (χ0n) is 32.7. The van der Waals surface area contributed by atoms with Crippen molar-refractivity contribution < 1.29 is 23.8 Å². The minimum absolute atomic E-state index is 0.0651. The van der Waals surface area contributed by atoms with Crippen LogP contribution in [0, 0.1) is 26.7 Å². The lowest BCUT2D eigenvalue weighted by atomic mass is 9.94. The lowest BCUT2D eigenvalue weighted by molar-refractivity contribution is 0.0100. The summed E-state index contributed by atoms with van der Waals surface area (Å²) in [6, 6.07) is 15.1. The number of amides is 2. The highest BCUT2D eigenvalue weighted by atomic mass is 16.6. The molecule has 53 heavy (non-hydrogen) atoms. The molecule has 2 N–H and O–H groups in total. The number of aromatic amines is 1. The zero-order chi connectivity index (χ0) is 37.9. The highest BCUT2D eigenvalue weighted by Crippen LogP contribution is 2.47. The van der Waals surface area contributed by atoms with Crippen molar-refractivity contribution in [2.24, 2.45) is 5.92 Å². The largest absolute Gasteiger partial charge is 0.444 e. The monoisotopic (exact) mass is 726 g/mol. The number of aryl methyl sites for hydroxylation is 2. The van der Waals surface area contributed by atoms with Crippen molar-refractivity contribution in [2.45, 2.75) is 111 Å². The Hall–Kier alpha value is -4.15. The molecule has 1 aromatic heterocycles.